The number of unbranched alkanes of at least 4 members (excludes halogenated alkanes) is 1. The number of benzene rings is 1. The molecule has 1 aromatic heterocycles. The van der Waals surface area contributed by atoms with E-state index in [2.05, 4.69) is 29.0 Å². The van der Waals surface area contributed by atoms with E-state index in [1.807, 2.05) is 6.07 Å². The zero-order valence-electron chi connectivity index (χ0n) is 10.6. The van der Waals surface area contributed by atoms with Gasteiger partial charge in [-0.25, -0.2) is 4.98 Å². The smallest absolute Gasteiger partial charge is 0.303 e. The monoisotopic (exact) mass is 246 g/mol. The van der Waals surface area contributed by atoms with Gasteiger partial charge in [0.05, 0.1) is 11.0 Å². The predicted molar refractivity (Wildman–Crippen MR) is 70.7 cm³/mol. The Kier molecular flexibility index (Phi) is 3.97. The van der Waals surface area contributed by atoms with Crippen molar-refractivity contribution < 1.29 is 9.90 Å². The number of carboxylic acids is 1. The fourth-order valence-electron chi connectivity index (χ4n) is 2.02. The van der Waals surface area contributed by atoms with Gasteiger partial charge in [0.1, 0.15) is 5.82 Å². The number of nitrogens with one attached hydrogen (secondary N) is 1. The van der Waals surface area contributed by atoms with Crippen molar-refractivity contribution in [3.8, 4) is 0 Å². The number of fused-ring (bicyclic) bond motifs is 1. The molecule has 0 spiro atoms. The molecule has 2 N–H and O–H groups in total. The second kappa shape index (κ2) is 5.67. The molecular formula is C14H18N2O2. The van der Waals surface area contributed by atoms with Gasteiger partial charge in [-0.1, -0.05) is 13.0 Å². The minimum absolute atomic E-state index is 0.236. The second-order valence-electron chi connectivity index (χ2n) is 4.49. The van der Waals surface area contributed by atoms with Gasteiger partial charge in [0, 0.05) is 12.8 Å². The predicted octanol–water partition coefficient (Wildman–Crippen LogP) is 2.92. The highest BCUT2D eigenvalue weighted by Crippen LogP contribution is 2.15. The van der Waals surface area contributed by atoms with Gasteiger partial charge in [0.15, 0.2) is 0 Å². The van der Waals surface area contributed by atoms with Crippen LogP contribution in [0.15, 0.2) is 18.2 Å². The Morgan fingerprint density at radius 2 is 2.22 bits per heavy atom. The first-order valence-corrected chi connectivity index (χ1v) is 6.38. The third-order valence-corrected chi connectivity index (χ3v) is 3.06. The summed E-state index contributed by atoms with van der Waals surface area (Å²) in [5, 5.41) is 8.56. The van der Waals surface area contributed by atoms with Crippen molar-refractivity contribution in [2.45, 2.75) is 39.0 Å². The van der Waals surface area contributed by atoms with Gasteiger partial charge in [-0.05, 0) is 37.0 Å². The fraction of sp³-hybridized carbons (Fsp3) is 0.429. The molecule has 4 nitrogen and oxygen atoms in total. The summed E-state index contributed by atoms with van der Waals surface area (Å²) in [4.78, 5) is 18.2. The molecule has 0 aliphatic carbocycles. The summed E-state index contributed by atoms with van der Waals surface area (Å²) in [7, 11) is 0. The normalized spacial score (nSPS) is 10.9. The maximum atomic E-state index is 10.4. The van der Waals surface area contributed by atoms with Crippen LogP contribution in [0.25, 0.3) is 11.0 Å². The first-order chi connectivity index (χ1) is 8.69. The molecule has 18 heavy (non-hydrogen) atoms. The van der Waals surface area contributed by atoms with E-state index in [9.17, 15) is 4.79 Å². The summed E-state index contributed by atoms with van der Waals surface area (Å²) in [6.45, 7) is 2.13. The van der Waals surface area contributed by atoms with E-state index in [0.29, 0.717) is 6.42 Å². The van der Waals surface area contributed by atoms with Crippen LogP contribution in [0.1, 0.15) is 37.6 Å². The number of aliphatic carboxylic acids is 1. The van der Waals surface area contributed by atoms with Crippen LogP contribution in [0.3, 0.4) is 0 Å². The lowest BCUT2D eigenvalue weighted by Crippen LogP contribution is -1.95. The van der Waals surface area contributed by atoms with Crippen LogP contribution in [0.4, 0.5) is 0 Å². The van der Waals surface area contributed by atoms with Crippen molar-refractivity contribution in [2.24, 2.45) is 0 Å². The van der Waals surface area contributed by atoms with Crippen molar-refractivity contribution in [3.63, 3.8) is 0 Å². The van der Waals surface area contributed by atoms with Crippen molar-refractivity contribution >= 4 is 17.0 Å². The van der Waals surface area contributed by atoms with Gasteiger partial charge in [-0.15, -0.1) is 0 Å². The van der Waals surface area contributed by atoms with Gasteiger partial charge < -0.3 is 10.1 Å². The summed E-state index contributed by atoms with van der Waals surface area (Å²) >= 11 is 0. The molecular weight excluding hydrogens is 228 g/mol. The lowest BCUT2D eigenvalue weighted by Gasteiger charge is -1.95. The molecule has 0 saturated heterocycles. The number of imidazole rings is 1. The maximum absolute atomic E-state index is 10.4. The van der Waals surface area contributed by atoms with E-state index in [4.69, 9.17) is 5.11 Å². The summed E-state index contributed by atoms with van der Waals surface area (Å²) in [6, 6.07) is 6.26. The third kappa shape index (κ3) is 3.09. The topological polar surface area (TPSA) is 66.0 Å². The van der Waals surface area contributed by atoms with E-state index >= 15 is 0 Å². The standard InChI is InChI=1S/C14H18N2O2/c1-2-10-7-8-11-12(9-10)16-13(15-11)5-3-4-6-14(17)18/h7-9H,2-6H2,1H3,(H,15,16)(H,17,18). The first-order valence-electron chi connectivity index (χ1n) is 6.38. The number of aryl methyl sites for hydroxylation is 2. The summed E-state index contributed by atoms with van der Waals surface area (Å²) < 4.78 is 0. The highest BCUT2D eigenvalue weighted by molar-refractivity contribution is 5.75. The molecule has 96 valence electrons. The Bertz CT molecular complexity index is 546. The van der Waals surface area contributed by atoms with Crippen LogP contribution in [0.2, 0.25) is 0 Å². The molecule has 2 rings (SSSR count). The highest BCUT2D eigenvalue weighted by atomic mass is 16.4. The Hall–Kier alpha value is -1.84. The average molecular weight is 246 g/mol. The van der Waals surface area contributed by atoms with Crippen LogP contribution in [-0.4, -0.2) is 21.0 Å². The lowest BCUT2D eigenvalue weighted by molar-refractivity contribution is -0.137. The molecule has 0 atom stereocenters. The molecule has 0 aliphatic rings. The van der Waals surface area contributed by atoms with E-state index in [1.165, 1.54) is 5.56 Å². The van der Waals surface area contributed by atoms with E-state index in [-0.39, 0.29) is 6.42 Å². The molecule has 0 saturated carbocycles. The molecule has 1 aromatic carbocycles. The van der Waals surface area contributed by atoms with Gasteiger partial charge in [-0.2, -0.15) is 0 Å². The first kappa shape index (κ1) is 12.6. The zero-order valence-corrected chi connectivity index (χ0v) is 10.6. The summed E-state index contributed by atoms with van der Waals surface area (Å²) in [5.41, 5.74) is 3.35. The highest BCUT2D eigenvalue weighted by Gasteiger charge is 2.04. The van der Waals surface area contributed by atoms with Crippen molar-refractivity contribution in [3.05, 3.63) is 29.6 Å². The minimum atomic E-state index is -0.729. The van der Waals surface area contributed by atoms with Gasteiger partial charge in [0.25, 0.3) is 0 Å². The number of H-pyrrole nitrogens is 1. The Morgan fingerprint density at radius 3 is 2.94 bits per heavy atom. The SMILES string of the molecule is CCc1ccc2nc(CCCCC(=O)O)[nH]c2c1. The summed E-state index contributed by atoms with van der Waals surface area (Å²) in [5.74, 6) is 0.218. The van der Waals surface area contributed by atoms with Gasteiger partial charge >= 0.3 is 5.97 Å². The lowest BCUT2D eigenvalue weighted by atomic mass is 10.1. The van der Waals surface area contributed by atoms with Crippen LogP contribution in [0.5, 0.6) is 0 Å². The van der Waals surface area contributed by atoms with Crippen molar-refractivity contribution in [1.82, 2.24) is 9.97 Å². The van der Waals surface area contributed by atoms with E-state index < -0.39 is 5.97 Å². The number of carbonyl (C=O) groups is 1. The Labute approximate surface area is 106 Å². The number of rotatable bonds is 6. The molecule has 1 heterocycles. The van der Waals surface area contributed by atoms with Crippen molar-refractivity contribution in [2.75, 3.05) is 0 Å². The van der Waals surface area contributed by atoms with Gasteiger partial charge in [0.2, 0.25) is 0 Å². The number of carboxylic acid groups (broad SMARTS) is 1. The Balaban J connectivity index is 1.99. The van der Waals surface area contributed by atoms with E-state index in [1.54, 1.807) is 0 Å². The third-order valence-electron chi connectivity index (χ3n) is 3.06. The van der Waals surface area contributed by atoms with Crippen LogP contribution in [0, 0.1) is 0 Å². The zero-order chi connectivity index (χ0) is 13.0. The van der Waals surface area contributed by atoms with Gasteiger partial charge in [-0.3, -0.25) is 4.79 Å². The number of aromatic amines is 1. The molecule has 0 fully saturated rings. The number of hydrogen-bond acceptors (Lipinski definition) is 2. The van der Waals surface area contributed by atoms with Crippen molar-refractivity contribution in [1.29, 1.82) is 0 Å². The van der Waals surface area contributed by atoms with Crippen LogP contribution >= 0.6 is 0 Å². The molecule has 4 heteroatoms. The summed E-state index contributed by atoms with van der Waals surface area (Å²) in [6.07, 6.45) is 3.62. The fourth-order valence-corrected chi connectivity index (χ4v) is 2.02. The Morgan fingerprint density at radius 1 is 1.39 bits per heavy atom. The number of nitrogens with zero attached hydrogens (tertiary/aromatic N) is 1. The van der Waals surface area contributed by atoms with E-state index in [0.717, 1.165) is 36.1 Å². The number of aromatic nitrogens is 2. The largest absolute Gasteiger partial charge is 0.481 e. The maximum Gasteiger partial charge on any atom is 0.303 e. The van der Waals surface area contributed by atoms with Crippen LogP contribution in [-0.2, 0) is 17.6 Å². The molecule has 2 aromatic rings. The molecule has 0 radical (unpaired) electrons. The van der Waals surface area contributed by atoms with Crippen LogP contribution < -0.4 is 0 Å². The molecule has 0 aliphatic heterocycles. The average Bonchev–Trinajstić information content (AvgIpc) is 2.75. The second-order valence-corrected chi connectivity index (χ2v) is 4.49. The molecule has 0 unspecified atom stereocenters. The quantitative estimate of drug-likeness (QED) is 0.770. The minimum Gasteiger partial charge on any atom is -0.481 e. The molecule has 0 amide bonds. The number of hydrogen-bond donors (Lipinski definition) is 2. The molecule has 0 bridgehead atoms.